The number of likely N-dealkylation sites (tertiary alicyclic amines) is 1. The van der Waals surface area contributed by atoms with Crippen LogP contribution in [0.4, 0.5) is 0 Å². The molecule has 118 valence electrons. The second-order valence-corrected chi connectivity index (χ2v) is 6.08. The van der Waals surface area contributed by atoms with E-state index in [-0.39, 0.29) is 11.6 Å². The summed E-state index contributed by atoms with van der Waals surface area (Å²) in [5.74, 6) is 1.00. The minimum atomic E-state index is -0.588. The first kappa shape index (κ1) is 15.3. The summed E-state index contributed by atoms with van der Waals surface area (Å²) in [4.78, 5) is 16.0. The van der Waals surface area contributed by atoms with Crippen LogP contribution in [0.25, 0.3) is 0 Å². The minimum Gasteiger partial charge on any atom is -0.387 e. The first-order valence-corrected chi connectivity index (χ1v) is 7.80. The van der Waals surface area contributed by atoms with E-state index in [0.717, 1.165) is 37.3 Å². The van der Waals surface area contributed by atoms with Crippen molar-refractivity contribution in [2.24, 2.45) is 0 Å². The molecule has 3 N–H and O–H groups in total. The smallest absolute Gasteiger partial charge is 0.340 e. The summed E-state index contributed by atoms with van der Waals surface area (Å²) in [5, 5.41) is 17.4. The van der Waals surface area contributed by atoms with Gasteiger partial charge in [0.1, 0.15) is 5.82 Å². The van der Waals surface area contributed by atoms with E-state index in [0.29, 0.717) is 11.6 Å². The van der Waals surface area contributed by atoms with Crippen molar-refractivity contribution in [3.8, 4) is 0 Å². The number of nitrogens with one attached hydrogen (secondary N) is 2. The average Bonchev–Trinajstić information content (AvgIpc) is 2.95. The third-order valence-electron chi connectivity index (χ3n) is 4.19. The van der Waals surface area contributed by atoms with Crippen molar-refractivity contribution in [1.29, 1.82) is 0 Å². The lowest BCUT2D eigenvalue weighted by molar-refractivity contribution is 0.0967. The van der Waals surface area contributed by atoms with Gasteiger partial charge in [-0.25, -0.2) is 9.89 Å². The van der Waals surface area contributed by atoms with Crippen LogP contribution in [0.1, 0.15) is 36.3 Å². The summed E-state index contributed by atoms with van der Waals surface area (Å²) >= 11 is 6.12. The summed E-state index contributed by atoms with van der Waals surface area (Å²) in [6.07, 6.45) is 1.24. The maximum absolute atomic E-state index is 11.1. The van der Waals surface area contributed by atoms with Gasteiger partial charge in [-0.15, -0.1) is 0 Å². The number of nitrogens with zero attached hydrogens (tertiary/aromatic N) is 2. The minimum absolute atomic E-state index is 0.258. The van der Waals surface area contributed by atoms with Gasteiger partial charge in [-0.2, -0.15) is 5.10 Å². The Balaban J connectivity index is 1.56. The molecule has 0 bridgehead atoms. The van der Waals surface area contributed by atoms with E-state index in [2.05, 4.69) is 20.1 Å². The van der Waals surface area contributed by atoms with Gasteiger partial charge in [0, 0.05) is 23.0 Å². The number of H-pyrrole nitrogens is 2. The molecule has 1 aromatic heterocycles. The molecule has 2 heterocycles. The largest absolute Gasteiger partial charge is 0.387 e. The van der Waals surface area contributed by atoms with Gasteiger partial charge < -0.3 is 10.0 Å². The van der Waals surface area contributed by atoms with Crippen molar-refractivity contribution < 1.29 is 5.11 Å². The van der Waals surface area contributed by atoms with Crippen molar-refractivity contribution in [3.05, 3.63) is 51.2 Å². The van der Waals surface area contributed by atoms with Crippen LogP contribution in [0.2, 0.25) is 5.02 Å². The molecule has 1 saturated heterocycles. The predicted octanol–water partition coefficient (Wildman–Crippen LogP) is 1.66. The average molecular weight is 323 g/mol. The molecule has 0 spiro atoms. The van der Waals surface area contributed by atoms with Gasteiger partial charge in [0.05, 0.1) is 6.10 Å². The van der Waals surface area contributed by atoms with Gasteiger partial charge in [-0.05, 0) is 32.0 Å². The van der Waals surface area contributed by atoms with Gasteiger partial charge in [0.2, 0.25) is 0 Å². The molecule has 1 aliphatic rings. The SMILES string of the molecule is O=c1[nH]nc(C2CCN(C[C@H](O)c3ccccc3Cl)CC2)[nH]1. The molecule has 0 amide bonds. The quantitative estimate of drug-likeness (QED) is 0.799. The van der Waals surface area contributed by atoms with Crippen LogP contribution in [-0.4, -0.2) is 44.8 Å². The topological polar surface area (TPSA) is 85.0 Å². The Labute approximate surface area is 133 Å². The zero-order valence-corrected chi connectivity index (χ0v) is 12.9. The van der Waals surface area contributed by atoms with Crippen LogP contribution in [0.5, 0.6) is 0 Å². The number of β-amino-alcohol motifs (C(OH)–C–C–N with tert-alkyl or cyclic N) is 1. The van der Waals surface area contributed by atoms with E-state index in [1.165, 1.54) is 0 Å². The fraction of sp³-hybridized carbons (Fsp3) is 0.467. The van der Waals surface area contributed by atoms with Crippen molar-refractivity contribution in [3.63, 3.8) is 0 Å². The van der Waals surface area contributed by atoms with E-state index in [4.69, 9.17) is 11.6 Å². The highest BCUT2D eigenvalue weighted by Gasteiger charge is 2.25. The van der Waals surface area contributed by atoms with Gasteiger partial charge in [-0.3, -0.25) is 4.98 Å². The number of benzene rings is 1. The van der Waals surface area contributed by atoms with Crippen LogP contribution in [0, 0.1) is 0 Å². The first-order chi connectivity index (χ1) is 10.6. The maximum atomic E-state index is 11.1. The highest BCUT2D eigenvalue weighted by atomic mass is 35.5. The normalized spacial score (nSPS) is 18.5. The third kappa shape index (κ3) is 3.40. The number of halogens is 1. The Hall–Kier alpha value is -1.63. The standard InChI is InChI=1S/C15H19ClN4O2/c16-12-4-2-1-3-11(12)13(21)9-20-7-5-10(6-8-20)14-17-15(22)19-18-14/h1-4,10,13,21H,5-9H2,(H2,17,18,19,22)/t13-/m0/s1. The molecule has 22 heavy (non-hydrogen) atoms. The van der Waals surface area contributed by atoms with Crippen molar-refractivity contribution in [2.45, 2.75) is 24.9 Å². The van der Waals surface area contributed by atoms with E-state index in [9.17, 15) is 9.90 Å². The Morgan fingerprint density at radius 2 is 2.09 bits per heavy atom. The lowest BCUT2D eigenvalue weighted by Crippen LogP contribution is -2.36. The molecule has 1 atom stereocenters. The summed E-state index contributed by atoms with van der Waals surface area (Å²) in [6.45, 7) is 2.29. The summed E-state index contributed by atoms with van der Waals surface area (Å²) < 4.78 is 0. The molecule has 1 aromatic carbocycles. The maximum Gasteiger partial charge on any atom is 0.340 e. The van der Waals surface area contributed by atoms with Gasteiger partial charge in [-0.1, -0.05) is 29.8 Å². The summed E-state index contributed by atoms with van der Waals surface area (Å²) in [7, 11) is 0. The molecule has 2 aromatic rings. The predicted molar refractivity (Wildman–Crippen MR) is 84.0 cm³/mol. The Morgan fingerprint density at radius 1 is 1.36 bits per heavy atom. The van der Waals surface area contributed by atoms with Crippen molar-refractivity contribution in [2.75, 3.05) is 19.6 Å². The zero-order valence-electron chi connectivity index (χ0n) is 12.1. The van der Waals surface area contributed by atoms with Gasteiger partial charge in [0.15, 0.2) is 0 Å². The number of aliphatic hydroxyl groups is 1. The zero-order chi connectivity index (χ0) is 15.5. The second-order valence-electron chi connectivity index (χ2n) is 5.68. The summed E-state index contributed by atoms with van der Waals surface area (Å²) in [6, 6.07) is 7.38. The van der Waals surface area contributed by atoms with Crippen LogP contribution in [-0.2, 0) is 0 Å². The lowest BCUT2D eigenvalue weighted by atomic mass is 9.95. The Bertz CT molecular complexity index is 676. The van der Waals surface area contributed by atoms with E-state index < -0.39 is 6.10 Å². The molecule has 3 rings (SSSR count). The number of aromatic amines is 2. The molecule has 0 saturated carbocycles. The second kappa shape index (κ2) is 6.64. The monoisotopic (exact) mass is 322 g/mol. The third-order valence-corrected chi connectivity index (χ3v) is 4.53. The van der Waals surface area contributed by atoms with Crippen molar-refractivity contribution in [1.82, 2.24) is 20.1 Å². The fourth-order valence-corrected chi connectivity index (χ4v) is 3.22. The molecule has 0 radical (unpaired) electrons. The fourth-order valence-electron chi connectivity index (χ4n) is 2.95. The number of aliphatic hydroxyl groups excluding tert-OH is 1. The molecular formula is C15H19ClN4O2. The van der Waals surface area contributed by atoms with Gasteiger partial charge >= 0.3 is 5.69 Å². The number of hydrogen-bond acceptors (Lipinski definition) is 4. The lowest BCUT2D eigenvalue weighted by Gasteiger charge is -2.32. The van der Waals surface area contributed by atoms with Crippen molar-refractivity contribution >= 4 is 11.6 Å². The number of piperidine rings is 1. The number of aromatic nitrogens is 3. The van der Waals surface area contributed by atoms with Crippen LogP contribution in [0.15, 0.2) is 29.1 Å². The molecular weight excluding hydrogens is 304 g/mol. The van der Waals surface area contributed by atoms with Gasteiger partial charge in [0.25, 0.3) is 0 Å². The molecule has 0 unspecified atom stereocenters. The van der Waals surface area contributed by atoms with E-state index in [1.807, 2.05) is 18.2 Å². The van der Waals surface area contributed by atoms with E-state index >= 15 is 0 Å². The highest BCUT2D eigenvalue weighted by molar-refractivity contribution is 6.31. The van der Waals surface area contributed by atoms with E-state index in [1.54, 1.807) is 6.07 Å². The molecule has 1 fully saturated rings. The van der Waals surface area contributed by atoms with Crippen LogP contribution >= 0.6 is 11.6 Å². The Kier molecular flexibility index (Phi) is 4.61. The van der Waals surface area contributed by atoms with Crippen LogP contribution < -0.4 is 5.69 Å². The molecule has 1 aliphatic heterocycles. The molecule has 6 nitrogen and oxygen atoms in total. The molecule has 7 heteroatoms. The highest BCUT2D eigenvalue weighted by Crippen LogP contribution is 2.27. The number of rotatable bonds is 4. The summed E-state index contributed by atoms with van der Waals surface area (Å²) in [5.41, 5.74) is 0.509. The molecule has 0 aliphatic carbocycles. The first-order valence-electron chi connectivity index (χ1n) is 7.43. The number of hydrogen-bond donors (Lipinski definition) is 3. The Morgan fingerprint density at radius 3 is 2.73 bits per heavy atom. The van der Waals surface area contributed by atoms with Crippen LogP contribution in [0.3, 0.4) is 0 Å².